The van der Waals surface area contributed by atoms with Gasteiger partial charge >= 0.3 is 0 Å². The molecule has 0 saturated carbocycles. The number of rotatable bonds is 6. The molecule has 2 aromatic carbocycles. The van der Waals surface area contributed by atoms with Gasteiger partial charge in [-0.1, -0.05) is 29.8 Å². The molecule has 0 bridgehead atoms. The van der Waals surface area contributed by atoms with Gasteiger partial charge in [-0.2, -0.15) is 0 Å². The van der Waals surface area contributed by atoms with Crippen LogP contribution in [0.4, 0.5) is 0 Å². The maximum atomic E-state index is 12.2. The van der Waals surface area contributed by atoms with E-state index in [0.29, 0.717) is 28.6 Å². The number of benzene rings is 2. The molecule has 4 nitrogen and oxygen atoms in total. The van der Waals surface area contributed by atoms with Gasteiger partial charge in [-0.25, -0.2) is 0 Å². The Morgan fingerprint density at radius 3 is 2.38 bits per heavy atom. The highest BCUT2D eigenvalue weighted by Crippen LogP contribution is 2.28. The van der Waals surface area contributed by atoms with E-state index in [1.807, 2.05) is 30.3 Å². The van der Waals surface area contributed by atoms with Crippen LogP contribution in [0, 0.1) is 0 Å². The first-order valence-electron chi connectivity index (χ1n) is 7.46. The Bertz CT molecular complexity index is 739. The lowest BCUT2D eigenvalue weighted by molar-refractivity contribution is -0.117. The minimum atomic E-state index is -0.125. The minimum absolute atomic E-state index is 0.125. The molecule has 0 unspecified atom stereocenters. The fourth-order valence-corrected chi connectivity index (χ4v) is 2.31. The molecule has 24 heavy (non-hydrogen) atoms. The number of halogens is 1. The van der Waals surface area contributed by atoms with Gasteiger partial charge in [-0.15, -0.1) is 0 Å². The predicted octanol–water partition coefficient (Wildman–Crippen LogP) is 4.08. The first kappa shape index (κ1) is 17.9. The van der Waals surface area contributed by atoms with Crippen molar-refractivity contribution >= 4 is 23.6 Å². The lowest BCUT2D eigenvalue weighted by Gasteiger charge is -2.09. The molecule has 0 aliphatic carbocycles. The minimum Gasteiger partial charge on any atom is -0.493 e. The summed E-state index contributed by atoms with van der Waals surface area (Å²) in [5.74, 6) is 1.15. The van der Waals surface area contributed by atoms with Gasteiger partial charge < -0.3 is 14.8 Å². The van der Waals surface area contributed by atoms with Crippen LogP contribution in [-0.2, 0) is 11.3 Å². The Labute approximate surface area is 147 Å². The molecule has 0 heterocycles. The number of amides is 1. The fourth-order valence-electron chi connectivity index (χ4n) is 2.18. The average Bonchev–Trinajstić information content (AvgIpc) is 2.60. The number of carbonyl (C=O) groups excluding carboxylic acids is 1. The zero-order chi connectivity index (χ0) is 17.5. The van der Waals surface area contributed by atoms with Gasteiger partial charge in [0.1, 0.15) is 0 Å². The predicted molar refractivity (Wildman–Crippen MR) is 96.5 cm³/mol. The molecule has 126 valence electrons. The quantitative estimate of drug-likeness (QED) is 0.802. The van der Waals surface area contributed by atoms with E-state index in [1.54, 1.807) is 39.4 Å². The van der Waals surface area contributed by atoms with Crippen molar-refractivity contribution in [3.05, 3.63) is 64.2 Å². The highest BCUT2D eigenvalue weighted by molar-refractivity contribution is 6.30. The summed E-state index contributed by atoms with van der Waals surface area (Å²) in [6.45, 7) is 2.22. The zero-order valence-corrected chi connectivity index (χ0v) is 14.7. The number of hydrogen-bond acceptors (Lipinski definition) is 3. The van der Waals surface area contributed by atoms with Crippen LogP contribution in [0.15, 0.2) is 48.0 Å². The molecule has 0 radical (unpaired) electrons. The van der Waals surface area contributed by atoms with E-state index in [1.165, 1.54) is 0 Å². The van der Waals surface area contributed by atoms with Crippen molar-refractivity contribution in [3.63, 3.8) is 0 Å². The van der Waals surface area contributed by atoms with Crippen molar-refractivity contribution in [2.45, 2.75) is 13.5 Å². The molecule has 0 saturated heterocycles. The van der Waals surface area contributed by atoms with E-state index in [9.17, 15) is 4.79 Å². The van der Waals surface area contributed by atoms with Gasteiger partial charge in [-0.05, 0) is 48.4 Å². The van der Waals surface area contributed by atoms with Crippen molar-refractivity contribution in [1.82, 2.24) is 5.32 Å². The molecule has 0 spiro atoms. The average molecular weight is 346 g/mol. The van der Waals surface area contributed by atoms with Crippen LogP contribution in [0.25, 0.3) is 6.08 Å². The Balaban J connectivity index is 2.04. The summed E-state index contributed by atoms with van der Waals surface area (Å²) in [4.78, 5) is 12.2. The van der Waals surface area contributed by atoms with E-state index in [0.717, 1.165) is 11.1 Å². The summed E-state index contributed by atoms with van der Waals surface area (Å²) >= 11 is 5.85. The summed E-state index contributed by atoms with van der Waals surface area (Å²) < 4.78 is 10.5. The third-order valence-corrected chi connectivity index (χ3v) is 3.77. The van der Waals surface area contributed by atoms with E-state index in [2.05, 4.69) is 5.32 Å². The first-order valence-corrected chi connectivity index (χ1v) is 7.84. The number of nitrogens with one attached hydrogen (secondary N) is 1. The van der Waals surface area contributed by atoms with Gasteiger partial charge in [0.25, 0.3) is 0 Å². The van der Waals surface area contributed by atoms with Crippen LogP contribution < -0.4 is 14.8 Å². The zero-order valence-electron chi connectivity index (χ0n) is 13.9. The van der Waals surface area contributed by atoms with Crippen LogP contribution in [0.1, 0.15) is 18.1 Å². The second-order valence-electron chi connectivity index (χ2n) is 5.25. The smallest absolute Gasteiger partial charge is 0.247 e. The van der Waals surface area contributed by atoms with Crippen LogP contribution in [0.3, 0.4) is 0 Å². The number of carbonyl (C=O) groups is 1. The summed E-state index contributed by atoms with van der Waals surface area (Å²) in [6, 6.07) is 12.9. The van der Waals surface area contributed by atoms with Crippen molar-refractivity contribution in [2.24, 2.45) is 0 Å². The van der Waals surface area contributed by atoms with Gasteiger partial charge in [0, 0.05) is 17.1 Å². The second-order valence-corrected chi connectivity index (χ2v) is 5.69. The van der Waals surface area contributed by atoms with Crippen LogP contribution in [-0.4, -0.2) is 20.1 Å². The molecule has 0 fully saturated rings. The number of ether oxygens (including phenoxy) is 2. The normalized spacial score (nSPS) is 11.1. The van der Waals surface area contributed by atoms with Crippen molar-refractivity contribution in [2.75, 3.05) is 14.2 Å². The maximum Gasteiger partial charge on any atom is 0.247 e. The molecule has 1 N–H and O–H groups in total. The molecule has 0 aromatic heterocycles. The van der Waals surface area contributed by atoms with Crippen molar-refractivity contribution in [1.29, 1.82) is 0 Å². The SMILES string of the molecule is COc1ccc(/C=C(\C)C(=O)NCc2ccc(Cl)cc2)cc1OC. The van der Waals surface area contributed by atoms with Gasteiger partial charge in [-0.3, -0.25) is 4.79 Å². The Hall–Kier alpha value is -2.46. The van der Waals surface area contributed by atoms with E-state index >= 15 is 0 Å². The van der Waals surface area contributed by atoms with Gasteiger partial charge in [0.15, 0.2) is 11.5 Å². The fraction of sp³-hybridized carbons (Fsp3) is 0.211. The maximum absolute atomic E-state index is 12.2. The Morgan fingerprint density at radius 2 is 1.75 bits per heavy atom. The number of methoxy groups -OCH3 is 2. The van der Waals surface area contributed by atoms with E-state index in [4.69, 9.17) is 21.1 Å². The first-order chi connectivity index (χ1) is 11.5. The van der Waals surface area contributed by atoms with Crippen LogP contribution in [0.5, 0.6) is 11.5 Å². The molecule has 0 aliphatic heterocycles. The number of hydrogen-bond donors (Lipinski definition) is 1. The summed E-state index contributed by atoms with van der Waals surface area (Å²) in [5.41, 5.74) is 2.47. The lowest BCUT2D eigenvalue weighted by Crippen LogP contribution is -2.23. The summed E-state index contributed by atoms with van der Waals surface area (Å²) in [7, 11) is 3.17. The van der Waals surface area contributed by atoms with Gasteiger partial charge in [0.05, 0.1) is 14.2 Å². The van der Waals surface area contributed by atoms with E-state index < -0.39 is 0 Å². The largest absolute Gasteiger partial charge is 0.493 e. The highest BCUT2D eigenvalue weighted by atomic mass is 35.5. The summed E-state index contributed by atoms with van der Waals surface area (Å²) in [5, 5.41) is 3.56. The van der Waals surface area contributed by atoms with Crippen LogP contribution >= 0.6 is 11.6 Å². The second kappa shape index (κ2) is 8.41. The molecule has 2 rings (SSSR count). The van der Waals surface area contributed by atoms with Crippen LogP contribution in [0.2, 0.25) is 5.02 Å². The molecule has 5 heteroatoms. The molecular weight excluding hydrogens is 326 g/mol. The molecule has 0 aliphatic rings. The van der Waals surface area contributed by atoms with Gasteiger partial charge in [0.2, 0.25) is 5.91 Å². The third-order valence-electron chi connectivity index (χ3n) is 3.52. The highest BCUT2D eigenvalue weighted by Gasteiger charge is 2.07. The summed E-state index contributed by atoms with van der Waals surface area (Å²) in [6.07, 6.45) is 1.80. The lowest BCUT2D eigenvalue weighted by atomic mass is 10.1. The Kier molecular flexibility index (Phi) is 6.27. The van der Waals surface area contributed by atoms with Crippen molar-refractivity contribution in [3.8, 4) is 11.5 Å². The van der Waals surface area contributed by atoms with Crippen molar-refractivity contribution < 1.29 is 14.3 Å². The molecule has 2 aromatic rings. The third kappa shape index (κ3) is 4.77. The molecule has 0 atom stereocenters. The monoisotopic (exact) mass is 345 g/mol. The molecule has 1 amide bonds. The molecular formula is C19H20ClNO3. The van der Waals surface area contributed by atoms with E-state index in [-0.39, 0.29) is 5.91 Å². The topological polar surface area (TPSA) is 47.6 Å². The standard InChI is InChI=1S/C19H20ClNO3/c1-13(10-15-6-9-17(23-2)18(11-15)24-3)19(22)21-12-14-4-7-16(20)8-5-14/h4-11H,12H2,1-3H3,(H,21,22)/b13-10+. The Morgan fingerprint density at radius 1 is 1.08 bits per heavy atom.